The van der Waals surface area contributed by atoms with E-state index in [1.807, 2.05) is 0 Å². The molecule has 1 aromatic carbocycles. The van der Waals surface area contributed by atoms with Gasteiger partial charge in [-0.3, -0.25) is 9.71 Å². The van der Waals surface area contributed by atoms with Crippen molar-refractivity contribution in [2.45, 2.75) is 11.0 Å². The zero-order valence-corrected chi connectivity index (χ0v) is 14.5. The molecule has 0 aliphatic rings. The number of nitrogens with zero attached hydrogens (tertiary/aromatic N) is 1. The highest BCUT2D eigenvalue weighted by molar-refractivity contribution is 7.93. The number of nitrogens with one attached hydrogen (secondary N) is 3. The van der Waals surface area contributed by atoms with Crippen molar-refractivity contribution in [2.24, 2.45) is 0 Å². The number of rotatable bonds is 6. The normalized spacial score (nSPS) is 12.8. The number of sulfonamides is 1. The summed E-state index contributed by atoms with van der Waals surface area (Å²) in [5.41, 5.74) is 0.145. The third-order valence-electron chi connectivity index (χ3n) is 3.38. The SMILES string of the molecule is COC(c1ccc(S(=O)(=O)Nc2nccs2)cc1)c1[nH]c(=O)[nH]c1O. The van der Waals surface area contributed by atoms with Crippen LogP contribution in [-0.2, 0) is 14.8 Å². The lowest BCUT2D eigenvalue weighted by atomic mass is 10.1. The predicted molar refractivity (Wildman–Crippen MR) is 91.3 cm³/mol. The van der Waals surface area contributed by atoms with Crippen molar-refractivity contribution in [3.63, 3.8) is 0 Å². The fourth-order valence-corrected chi connectivity index (χ4v) is 4.06. The van der Waals surface area contributed by atoms with Crippen LogP contribution in [0.3, 0.4) is 0 Å². The molecule has 0 fully saturated rings. The molecule has 0 saturated heterocycles. The third kappa shape index (κ3) is 3.57. The molecule has 0 saturated carbocycles. The van der Waals surface area contributed by atoms with Gasteiger partial charge in [0.1, 0.15) is 11.8 Å². The second-order valence-corrected chi connectivity index (χ2v) is 7.55. The first kappa shape index (κ1) is 17.2. The van der Waals surface area contributed by atoms with Gasteiger partial charge in [-0.2, -0.15) is 0 Å². The molecule has 0 aliphatic carbocycles. The molecular weight excluding hydrogens is 368 g/mol. The summed E-state index contributed by atoms with van der Waals surface area (Å²) in [4.78, 5) is 19.9. The largest absolute Gasteiger partial charge is 0.493 e. The molecular formula is C14H14N4O5S2. The first-order valence-corrected chi connectivity index (χ1v) is 9.33. The van der Waals surface area contributed by atoms with E-state index in [9.17, 15) is 18.3 Å². The van der Waals surface area contributed by atoms with Gasteiger partial charge in [0.25, 0.3) is 10.0 Å². The van der Waals surface area contributed by atoms with E-state index in [4.69, 9.17) is 4.74 Å². The Morgan fingerprint density at radius 3 is 2.52 bits per heavy atom. The average Bonchev–Trinajstić information content (AvgIpc) is 3.18. The van der Waals surface area contributed by atoms with Crippen molar-refractivity contribution >= 4 is 26.5 Å². The first-order chi connectivity index (χ1) is 11.9. The number of anilines is 1. The molecule has 11 heteroatoms. The number of H-pyrrole nitrogens is 2. The summed E-state index contributed by atoms with van der Waals surface area (Å²) in [6.45, 7) is 0. The van der Waals surface area contributed by atoms with Gasteiger partial charge in [0.2, 0.25) is 5.88 Å². The van der Waals surface area contributed by atoms with Crippen molar-refractivity contribution < 1.29 is 18.3 Å². The smallest absolute Gasteiger partial charge is 0.326 e. The van der Waals surface area contributed by atoms with E-state index in [-0.39, 0.29) is 21.6 Å². The minimum Gasteiger partial charge on any atom is -0.493 e. The van der Waals surface area contributed by atoms with E-state index in [2.05, 4.69) is 19.7 Å². The molecule has 0 aliphatic heterocycles. The van der Waals surface area contributed by atoms with E-state index in [1.165, 1.54) is 48.9 Å². The first-order valence-electron chi connectivity index (χ1n) is 6.97. The van der Waals surface area contributed by atoms with Gasteiger partial charge in [-0.15, -0.1) is 11.3 Å². The summed E-state index contributed by atoms with van der Waals surface area (Å²) in [6, 6.07) is 5.88. The van der Waals surface area contributed by atoms with Crippen LogP contribution < -0.4 is 10.4 Å². The van der Waals surface area contributed by atoms with Gasteiger partial charge < -0.3 is 14.8 Å². The minimum atomic E-state index is -3.76. The van der Waals surface area contributed by atoms with Crippen molar-refractivity contribution in [2.75, 3.05) is 11.8 Å². The van der Waals surface area contributed by atoms with Crippen molar-refractivity contribution in [1.29, 1.82) is 0 Å². The predicted octanol–water partition coefficient (Wildman–Crippen LogP) is 1.40. The standard InChI is InChI=1S/C14H14N4O5S2/c1-23-11(10-12(19)17-13(20)16-10)8-2-4-9(5-3-8)25(21,22)18-14-15-6-7-24-14/h2-7,11,19H,1H3,(H,15,18)(H2,16,17,20). The van der Waals surface area contributed by atoms with E-state index in [1.54, 1.807) is 5.38 Å². The van der Waals surface area contributed by atoms with E-state index >= 15 is 0 Å². The number of aromatic hydroxyl groups is 1. The molecule has 0 amide bonds. The molecule has 2 heterocycles. The highest BCUT2D eigenvalue weighted by atomic mass is 32.2. The van der Waals surface area contributed by atoms with Gasteiger partial charge in [-0.1, -0.05) is 12.1 Å². The average molecular weight is 382 g/mol. The number of benzene rings is 1. The Kier molecular flexibility index (Phi) is 4.61. The maximum atomic E-state index is 12.3. The lowest BCUT2D eigenvalue weighted by Gasteiger charge is -2.15. The number of thiazole rings is 1. The van der Waals surface area contributed by atoms with E-state index in [0.717, 1.165) is 0 Å². The summed E-state index contributed by atoms with van der Waals surface area (Å²) in [5.74, 6) is -0.334. The molecule has 1 unspecified atom stereocenters. The molecule has 0 spiro atoms. The molecule has 4 N–H and O–H groups in total. The minimum absolute atomic E-state index is 0.0492. The lowest BCUT2D eigenvalue weighted by Crippen LogP contribution is -2.13. The van der Waals surface area contributed by atoms with Gasteiger partial charge in [0.15, 0.2) is 5.13 Å². The molecule has 1 atom stereocenters. The summed E-state index contributed by atoms with van der Waals surface area (Å²) < 4.78 is 32.3. The highest BCUT2D eigenvalue weighted by Crippen LogP contribution is 2.29. The number of aromatic nitrogens is 3. The Morgan fingerprint density at radius 2 is 2.00 bits per heavy atom. The maximum Gasteiger partial charge on any atom is 0.326 e. The van der Waals surface area contributed by atoms with Crippen LogP contribution in [0.25, 0.3) is 0 Å². The number of hydrogen-bond acceptors (Lipinski definition) is 7. The molecule has 132 valence electrons. The summed E-state index contributed by atoms with van der Waals surface area (Å²) in [5, 5.41) is 11.7. The van der Waals surface area contributed by atoms with Crippen LogP contribution in [0.15, 0.2) is 45.5 Å². The van der Waals surface area contributed by atoms with Crippen molar-refractivity contribution in [1.82, 2.24) is 15.0 Å². The fraction of sp³-hybridized carbons (Fsp3) is 0.143. The van der Waals surface area contributed by atoms with Crippen molar-refractivity contribution in [3.05, 3.63) is 57.6 Å². The molecule has 0 bridgehead atoms. The number of aromatic amines is 2. The number of ether oxygens (including phenoxy) is 1. The zero-order chi connectivity index (χ0) is 18.0. The third-order valence-corrected chi connectivity index (χ3v) is 5.55. The Balaban J connectivity index is 1.88. The van der Waals surface area contributed by atoms with Crippen LogP contribution in [0.1, 0.15) is 17.4 Å². The van der Waals surface area contributed by atoms with E-state index in [0.29, 0.717) is 5.56 Å². The second-order valence-electron chi connectivity index (χ2n) is 4.97. The van der Waals surface area contributed by atoms with Crippen LogP contribution in [-0.4, -0.2) is 35.6 Å². The van der Waals surface area contributed by atoms with Crippen LogP contribution in [0, 0.1) is 0 Å². The topological polar surface area (TPSA) is 137 Å². The van der Waals surface area contributed by atoms with Crippen molar-refractivity contribution in [3.8, 4) is 5.88 Å². The summed E-state index contributed by atoms with van der Waals surface area (Å²) in [6.07, 6.45) is 0.737. The Hall–Kier alpha value is -2.63. The van der Waals surface area contributed by atoms with Gasteiger partial charge in [0.05, 0.1) is 4.90 Å². The monoisotopic (exact) mass is 382 g/mol. The number of methoxy groups -OCH3 is 1. The fourth-order valence-electron chi connectivity index (χ4n) is 2.27. The second kappa shape index (κ2) is 6.70. The Morgan fingerprint density at radius 1 is 1.28 bits per heavy atom. The van der Waals surface area contributed by atoms with E-state index < -0.39 is 21.8 Å². The Bertz CT molecular complexity index is 1010. The highest BCUT2D eigenvalue weighted by Gasteiger charge is 2.22. The molecule has 0 radical (unpaired) electrons. The summed E-state index contributed by atoms with van der Waals surface area (Å²) >= 11 is 1.17. The molecule has 3 aromatic rings. The Labute approximate surface area is 146 Å². The summed E-state index contributed by atoms with van der Waals surface area (Å²) in [7, 11) is -2.35. The quantitative estimate of drug-likeness (QED) is 0.508. The van der Waals surface area contributed by atoms with Gasteiger partial charge >= 0.3 is 5.69 Å². The molecule has 3 rings (SSSR count). The van der Waals surface area contributed by atoms with Crippen LogP contribution >= 0.6 is 11.3 Å². The van der Waals surface area contributed by atoms with Gasteiger partial charge in [-0.25, -0.2) is 18.2 Å². The number of hydrogen-bond donors (Lipinski definition) is 4. The van der Waals surface area contributed by atoms with Crippen LogP contribution in [0.4, 0.5) is 5.13 Å². The van der Waals surface area contributed by atoms with Gasteiger partial charge in [-0.05, 0) is 17.7 Å². The molecule has 9 nitrogen and oxygen atoms in total. The molecule has 2 aromatic heterocycles. The number of imidazole rings is 1. The molecule has 25 heavy (non-hydrogen) atoms. The van der Waals surface area contributed by atoms with Gasteiger partial charge in [0, 0.05) is 18.7 Å². The van der Waals surface area contributed by atoms with Crippen LogP contribution in [0.5, 0.6) is 5.88 Å². The lowest BCUT2D eigenvalue weighted by molar-refractivity contribution is 0.130. The van der Waals surface area contributed by atoms with Crippen LogP contribution in [0.2, 0.25) is 0 Å². The maximum absolute atomic E-state index is 12.3. The zero-order valence-electron chi connectivity index (χ0n) is 12.9.